The molecule has 2 nitrogen and oxygen atoms in total. The molecule has 0 unspecified atom stereocenters. The summed E-state index contributed by atoms with van der Waals surface area (Å²) >= 11 is 0. The topological polar surface area (TPSA) is 40.5 Å². The highest BCUT2D eigenvalue weighted by Crippen LogP contribution is 2.31. The second-order valence-corrected chi connectivity index (χ2v) is 4.29. The molecule has 0 amide bonds. The van der Waals surface area contributed by atoms with Crippen molar-refractivity contribution >= 4 is 0 Å². The molecule has 0 aromatic carbocycles. The van der Waals surface area contributed by atoms with Gasteiger partial charge in [-0.05, 0) is 45.1 Å². The van der Waals surface area contributed by atoms with Gasteiger partial charge in [-0.2, -0.15) is 0 Å². The van der Waals surface area contributed by atoms with Gasteiger partial charge < -0.3 is 10.2 Å². The number of hydrogen-bond donors (Lipinski definition) is 2. The number of allylic oxidation sites excluding steroid dienone is 1. The first-order chi connectivity index (χ1) is 5.41. The monoisotopic (exact) mass is 170 g/mol. The van der Waals surface area contributed by atoms with Gasteiger partial charge in [-0.1, -0.05) is 6.08 Å². The lowest BCUT2D eigenvalue weighted by molar-refractivity contribution is -0.00548. The third-order valence-corrected chi connectivity index (χ3v) is 2.76. The Morgan fingerprint density at radius 2 is 2.08 bits per heavy atom. The van der Waals surface area contributed by atoms with Crippen LogP contribution in [0.2, 0.25) is 0 Å². The van der Waals surface area contributed by atoms with Gasteiger partial charge in [-0.25, -0.2) is 0 Å². The van der Waals surface area contributed by atoms with Gasteiger partial charge in [0.25, 0.3) is 0 Å². The van der Waals surface area contributed by atoms with Crippen LogP contribution in [0, 0.1) is 5.92 Å². The van der Waals surface area contributed by atoms with Gasteiger partial charge in [0.2, 0.25) is 0 Å². The van der Waals surface area contributed by atoms with E-state index in [0.29, 0.717) is 6.42 Å². The molecule has 1 aliphatic carbocycles. The molecule has 0 aromatic rings. The zero-order valence-corrected chi connectivity index (χ0v) is 8.04. The average Bonchev–Trinajstić information content (AvgIpc) is 1.92. The first-order valence-electron chi connectivity index (χ1n) is 4.48. The molecular formula is C10H18O2. The molecule has 0 radical (unpaired) electrons. The van der Waals surface area contributed by atoms with Gasteiger partial charge in [-0.15, -0.1) is 0 Å². The van der Waals surface area contributed by atoms with Crippen molar-refractivity contribution in [3.05, 3.63) is 11.6 Å². The Morgan fingerprint density at radius 1 is 1.50 bits per heavy atom. The fourth-order valence-corrected chi connectivity index (χ4v) is 1.59. The Balaban J connectivity index is 2.65. The van der Waals surface area contributed by atoms with E-state index in [4.69, 9.17) is 0 Å². The molecule has 2 N–H and O–H groups in total. The second kappa shape index (κ2) is 3.19. The Labute approximate surface area is 73.9 Å². The maximum atomic E-state index is 9.71. The average molecular weight is 170 g/mol. The molecule has 2 atom stereocenters. The summed E-state index contributed by atoms with van der Waals surface area (Å²) < 4.78 is 0. The van der Waals surface area contributed by atoms with E-state index in [1.807, 2.05) is 13.0 Å². The first-order valence-corrected chi connectivity index (χ1v) is 4.48. The van der Waals surface area contributed by atoms with Crippen molar-refractivity contribution in [3.8, 4) is 0 Å². The highest BCUT2D eigenvalue weighted by Gasteiger charge is 2.30. The van der Waals surface area contributed by atoms with Crippen LogP contribution in [0.5, 0.6) is 0 Å². The Kier molecular flexibility index (Phi) is 2.59. The Hall–Kier alpha value is -0.340. The second-order valence-electron chi connectivity index (χ2n) is 4.29. The lowest BCUT2D eigenvalue weighted by Crippen LogP contribution is -2.35. The van der Waals surface area contributed by atoms with Crippen LogP contribution in [0.1, 0.15) is 33.6 Å². The minimum absolute atomic E-state index is 0.191. The molecule has 0 aliphatic heterocycles. The highest BCUT2D eigenvalue weighted by atomic mass is 16.3. The SMILES string of the molecule is CC1=CC[C@H](C(C)(C)O)C[C@H]1O. The van der Waals surface area contributed by atoms with E-state index >= 15 is 0 Å². The lowest BCUT2D eigenvalue weighted by atomic mass is 9.78. The Bertz CT molecular complexity index is 189. The molecule has 1 rings (SSSR count). The molecule has 0 heterocycles. The summed E-state index contributed by atoms with van der Waals surface area (Å²) in [5.41, 5.74) is 0.369. The predicted molar refractivity (Wildman–Crippen MR) is 48.8 cm³/mol. The van der Waals surface area contributed by atoms with Crippen molar-refractivity contribution in [2.45, 2.75) is 45.3 Å². The minimum atomic E-state index is -0.668. The van der Waals surface area contributed by atoms with Crippen molar-refractivity contribution in [2.75, 3.05) is 0 Å². The molecule has 0 saturated heterocycles. The lowest BCUT2D eigenvalue weighted by Gasteiger charge is -2.33. The van der Waals surface area contributed by atoms with Gasteiger partial charge in [0.05, 0.1) is 11.7 Å². The van der Waals surface area contributed by atoms with Crippen molar-refractivity contribution in [2.24, 2.45) is 5.92 Å². The van der Waals surface area contributed by atoms with Crippen LogP contribution < -0.4 is 0 Å². The van der Waals surface area contributed by atoms with E-state index in [1.54, 1.807) is 13.8 Å². The van der Waals surface area contributed by atoms with Crippen molar-refractivity contribution < 1.29 is 10.2 Å². The van der Waals surface area contributed by atoms with E-state index in [0.717, 1.165) is 12.0 Å². The molecule has 2 heteroatoms. The van der Waals surface area contributed by atoms with Gasteiger partial charge >= 0.3 is 0 Å². The summed E-state index contributed by atoms with van der Waals surface area (Å²) in [7, 11) is 0. The maximum absolute atomic E-state index is 9.71. The summed E-state index contributed by atoms with van der Waals surface area (Å²) in [4.78, 5) is 0. The summed E-state index contributed by atoms with van der Waals surface area (Å²) in [5.74, 6) is 0.191. The first kappa shape index (κ1) is 9.75. The summed E-state index contributed by atoms with van der Waals surface area (Å²) in [6.07, 6.45) is 3.24. The van der Waals surface area contributed by atoms with E-state index in [2.05, 4.69) is 0 Å². The van der Waals surface area contributed by atoms with E-state index in [1.165, 1.54) is 0 Å². The van der Waals surface area contributed by atoms with Gasteiger partial charge in [-0.3, -0.25) is 0 Å². The number of hydrogen-bond acceptors (Lipinski definition) is 2. The predicted octanol–water partition coefficient (Wildman–Crippen LogP) is 1.47. The van der Waals surface area contributed by atoms with E-state index < -0.39 is 5.60 Å². The highest BCUT2D eigenvalue weighted by molar-refractivity contribution is 5.10. The number of aliphatic hydroxyl groups excluding tert-OH is 1. The number of rotatable bonds is 1. The maximum Gasteiger partial charge on any atom is 0.0751 e. The van der Waals surface area contributed by atoms with Crippen LogP contribution >= 0.6 is 0 Å². The summed E-state index contributed by atoms with van der Waals surface area (Å²) in [6.45, 7) is 5.54. The van der Waals surface area contributed by atoms with Crippen LogP contribution in [0.4, 0.5) is 0 Å². The molecule has 0 saturated carbocycles. The summed E-state index contributed by atoms with van der Waals surface area (Å²) in [6, 6.07) is 0. The van der Waals surface area contributed by atoms with Crippen molar-refractivity contribution in [1.82, 2.24) is 0 Å². The van der Waals surface area contributed by atoms with Crippen LogP contribution in [-0.2, 0) is 0 Å². The molecule has 0 spiro atoms. The van der Waals surface area contributed by atoms with Crippen LogP contribution in [-0.4, -0.2) is 21.9 Å². The van der Waals surface area contributed by atoms with E-state index in [9.17, 15) is 10.2 Å². The number of aliphatic hydroxyl groups is 2. The Morgan fingerprint density at radius 3 is 2.50 bits per heavy atom. The molecule has 1 aliphatic rings. The third kappa shape index (κ3) is 2.08. The van der Waals surface area contributed by atoms with Crippen molar-refractivity contribution in [3.63, 3.8) is 0 Å². The standard InChI is InChI=1S/C10H18O2/c1-7-4-5-8(6-9(7)11)10(2,3)12/h4,8-9,11-12H,5-6H2,1-3H3/t8-,9+/m0/s1. The zero-order chi connectivity index (χ0) is 9.35. The fraction of sp³-hybridized carbons (Fsp3) is 0.800. The van der Waals surface area contributed by atoms with Gasteiger partial charge in [0.1, 0.15) is 0 Å². The minimum Gasteiger partial charge on any atom is -0.390 e. The molecular weight excluding hydrogens is 152 g/mol. The fourth-order valence-electron chi connectivity index (χ4n) is 1.59. The molecule has 0 bridgehead atoms. The van der Waals surface area contributed by atoms with Crippen LogP contribution in [0.3, 0.4) is 0 Å². The third-order valence-electron chi connectivity index (χ3n) is 2.76. The smallest absolute Gasteiger partial charge is 0.0751 e. The normalized spacial score (nSPS) is 31.6. The van der Waals surface area contributed by atoms with Crippen LogP contribution in [0.25, 0.3) is 0 Å². The quantitative estimate of drug-likeness (QED) is 0.585. The molecule has 12 heavy (non-hydrogen) atoms. The van der Waals surface area contributed by atoms with Gasteiger partial charge in [0.15, 0.2) is 0 Å². The largest absolute Gasteiger partial charge is 0.390 e. The molecule has 70 valence electrons. The van der Waals surface area contributed by atoms with Gasteiger partial charge in [0, 0.05) is 0 Å². The van der Waals surface area contributed by atoms with Crippen molar-refractivity contribution in [1.29, 1.82) is 0 Å². The van der Waals surface area contributed by atoms with Crippen LogP contribution in [0.15, 0.2) is 11.6 Å². The molecule has 0 fully saturated rings. The van der Waals surface area contributed by atoms with E-state index in [-0.39, 0.29) is 12.0 Å². The summed E-state index contributed by atoms with van der Waals surface area (Å²) in [5, 5.41) is 19.2. The zero-order valence-electron chi connectivity index (χ0n) is 8.04. The molecule has 0 aromatic heterocycles.